The average molecular weight is 390 g/mol. The number of hydrogen-bond donors (Lipinski definition) is 1. The summed E-state index contributed by atoms with van der Waals surface area (Å²) in [7, 11) is -2.16. The first-order chi connectivity index (χ1) is 11.4. The number of nitrogens with one attached hydrogen (secondary N) is 1. The van der Waals surface area contributed by atoms with Crippen molar-refractivity contribution >= 4 is 39.7 Å². The Morgan fingerprint density at radius 3 is 2.24 bits per heavy atom. The van der Waals surface area contributed by atoms with Crippen molar-refractivity contribution < 1.29 is 17.2 Å². The van der Waals surface area contributed by atoms with Crippen molar-refractivity contribution in [3.05, 3.63) is 54.1 Å². The quantitative estimate of drug-likeness (QED) is 0.799. The lowest BCUT2D eigenvalue weighted by atomic mass is 10.2. The number of benzene rings is 2. The summed E-state index contributed by atoms with van der Waals surface area (Å²) in [5.74, 6) is -1.65. The Balaban J connectivity index is 0.00000225. The van der Waals surface area contributed by atoms with Crippen LogP contribution in [0.5, 0.6) is 0 Å². The van der Waals surface area contributed by atoms with E-state index in [9.17, 15) is 17.2 Å². The first kappa shape index (κ1) is 19.4. The lowest BCUT2D eigenvalue weighted by Gasteiger charge is -2.22. The summed E-state index contributed by atoms with van der Waals surface area (Å²) in [5.41, 5.74) is 0.821. The van der Waals surface area contributed by atoms with Crippen molar-refractivity contribution in [2.75, 3.05) is 28.7 Å². The largest absolute Gasteiger partial charge is 0.330 e. The Labute approximate surface area is 151 Å². The third kappa shape index (κ3) is 3.56. The topological polar surface area (TPSA) is 52.6 Å². The second-order valence-electron chi connectivity index (χ2n) is 5.42. The molecule has 0 radical (unpaired) electrons. The van der Waals surface area contributed by atoms with Gasteiger partial charge < -0.3 is 5.32 Å². The summed E-state index contributed by atoms with van der Waals surface area (Å²) in [5, 5.41) is 2.97. The average Bonchev–Trinajstić information content (AvgIpc) is 2.73. The van der Waals surface area contributed by atoms with Crippen LogP contribution in [0.25, 0.3) is 0 Å². The van der Waals surface area contributed by atoms with E-state index in [-0.39, 0.29) is 24.6 Å². The van der Waals surface area contributed by atoms with Gasteiger partial charge in [0.15, 0.2) is 0 Å². The van der Waals surface area contributed by atoms with E-state index in [1.807, 2.05) is 0 Å². The predicted octanol–water partition coefficient (Wildman–Crippen LogP) is 3.20. The van der Waals surface area contributed by atoms with Crippen LogP contribution in [0.2, 0.25) is 0 Å². The van der Waals surface area contributed by atoms with Gasteiger partial charge in [0.2, 0.25) is 0 Å². The van der Waals surface area contributed by atoms with E-state index in [0.717, 1.165) is 16.4 Å². The molecule has 0 fully saturated rings. The molecule has 0 saturated carbocycles. The van der Waals surface area contributed by atoms with Crippen LogP contribution in [-0.2, 0) is 10.2 Å². The Hall–Kier alpha value is -1.90. The van der Waals surface area contributed by atoms with Gasteiger partial charge in [0.25, 0.3) is 0 Å². The van der Waals surface area contributed by atoms with E-state index >= 15 is 0 Å². The molecule has 1 aliphatic rings. The number of para-hydroxylation sites is 2. The van der Waals surface area contributed by atoms with Gasteiger partial charge in [-0.1, -0.05) is 12.1 Å². The Morgan fingerprint density at radius 2 is 1.64 bits per heavy atom. The molecule has 0 saturated heterocycles. The van der Waals surface area contributed by atoms with Crippen molar-refractivity contribution in [3.63, 3.8) is 0 Å². The molecular formula is C16H18ClF2N3O2S. The first-order valence-electron chi connectivity index (χ1n) is 7.48. The second-order valence-corrected chi connectivity index (χ2v) is 7.12. The maximum Gasteiger partial charge on any atom is 0.330 e. The second kappa shape index (κ2) is 7.55. The first-order valence-corrected chi connectivity index (χ1v) is 8.87. The molecule has 0 bridgehead atoms. The van der Waals surface area contributed by atoms with Crippen molar-refractivity contribution in [1.29, 1.82) is 0 Å². The van der Waals surface area contributed by atoms with E-state index in [4.69, 9.17) is 0 Å². The van der Waals surface area contributed by atoms with E-state index in [2.05, 4.69) is 5.32 Å². The zero-order valence-corrected chi connectivity index (χ0v) is 15.1. The van der Waals surface area contributed by atoms with Crippen LogP contribution in [0, 0.1) is 11.6 Å². The smallest absolute Gasteiger partial charge is 0.320 e. The molecule has 0 aliphatic carbocycles. The highest BCUT2D eigenvalue weighted by atomic mass is 35.5. The molecule has 0 aromatic heterocycles. The number of rotatable bonds is 5. The summed E-state index contributed by atoms with van der Waals surface area (Å²) >= 11 is 0. The Kier molecular flexibility index (Phi) is 5.87. The van der Waals surface area contributed by atoms with Crippen LogP contribution in [0.3, 0.4) is 0 Å². The van der Waals surface area contributed by atoms with Crippen molar-refractivity contribution in [2.45, 2.75) is 6.42 Å². The monoisotopic (exact) mass is 389 g/mol. The molecule has 136 valence electrons. The van der Waals surface area contributed by atoms with E-state index < -0.39 is 21.8 Å². The summed E-state index contributed by atoms with van der Waals surface area (Å²) in [6.07, 6.45) is 0.607. The van der Waals surface area contributed by atoms with E-state index in [0.29, 0.717) is 30.4 Å². The minimum atomic E-state index is -3.95. The van der Waals surface area contributed by atoms with Gasteiger partial charge in [-0.15, -0.1) is 12.4 Å². The third-order valence-corrected chi connectivity index (χ3v) is 5.55. The van der Waals surface area contributed by atoms with Gasteiger partial charge in [0, 0.05) is 12.6 Å². The van der Waals surface area contributed by atoms with Crippen LogP contribution in [0.4, 0.5) is 25.8 Å². The highest BCUT2D eigenvalue weighted by Crippen LogP contribution is 2.45. The lowest BCUT2D eigenvalue weighted by Crippen LogP contribution is -2.36. The normalized spacial score (nSPS) is 15.0. The molecule has 1 heterocycles. The maximum atomic E-state index is 13.6. The standard InChI is InChI=1S/C16H17F2N3O2S.ClH/c1-19-7-4-8-20-15-5-2-3-6-16(15)21(24(20,22)23)14-10-12(17)9-13(18)11-14;/h2-3,5-6,9-11,19H,4,7-8H2,1H3;1H. The summed E-state index contributed by atoms with van der Waals surface area (Å²) in [4.78, 5) is 0. The SMILES string of the molecule is CNCCCN1c2ccccc2N(c2cc(F)cc(F)c2)S1(=O)=O.Cl. The molecule has 2 aromatic rings. The summed E-state index contributed by atoms with van der Waals surface area (Å²) in [6.45, 7) is 0.928. The number of halogens is 3. The van der Waals surface area contributed by atoms with E-state index in [1.54, 1.807) is 31.3 Å². The molecular weight excluding hydrogens is 372 g/mol. The minimum absolute atomic E-state index is 0. The van der Waals surface area contributed by atoms with Gasteiger partial charge in [-0.25, -0.2) is 13.1 Å². The Morgan fingerprint density at radius 1 is 1.04 bits per heavy atom. The van der Waals surface area contributed by atoms with Crippen molar-refractivity contribution in [2.24, 2.45) is 0 Å². The van der Waals surface area contributed by atoms with Gasteiger partial charge in [0.1, 0.15) is 11.6 Å². The highest BCUT2D eigenvalue weighted by Gasteiger charge is 2.41. The molecule has 25 heavy (non-hydrogen) atoms. The number of anilines is 3. The van der Waals surface area contributed by atoms with Gasteiger partial charge >= 0.3 is 10.2 Å². The van der Waals surface area contributed by atoms with Crippen LogP contribution in [0.15, 0.2) is 42.5 Å². The van der Waals surface area contributed by atoms with Crippen LogP contribution >= 0.6 is 12.4 Å². The number of nitrogens with zero attached hydrogens (tertiary/aromatic N) is 2. The molecule has 3 rings (SSSR count). The molecule has 0 atom stereocenters. The third-order valence-electron chi connectivity index (χ3n) is 3.75. The van der Waals surface area contributed by atoms with Crippen LogP contribution in [-0.4, -0.2) is 28.6 Å². The summed E-state index contributed by atoms with van der Waals surface area (Å²) < 4.78 is 55.3. The predicted molar refractivity (Wildman–Crippen MR) is 97.0 cm³/mol. The van der Waals surface area contributed by atoms with Crippen molar-refractivity contribution in [3.8, 4) is 0 Å². The molecule has 5 nitrogen and oxygen atoms in total. The fourth-order valence-corrected chi connectivity index (χ4v) is 4.49. The summed E-state index contributed by atoms with van der Waals surface area (Å²) in [6, 6.07) is 9.45. The maximum absolute atomic E-state index is 13.6. The molecule has 2 aromatic carbocycles. The molecule has 0 amide bonds. The molecule has 1 N–H and O–H groups in total. The highest BCUT2D eigenvalue weighted by molar-refractivity contribution is 7.95. The zero-order chi connectivity index (χ0) is 17.3. The van der Waals surface area contributed by atoms with Gasteiger partial charge in [-0.05, 0) is 44.3 Å². The number of fused-ring (bicyclic) bond motifs is 1. The van der Waals surface area contributed by atoms with Crippen LogP contribution < -0.4 is 13.9 Å². The molecule has 0 unspecified atom stereocenters. The number of hydrogen-bond acceptors (Lipinski definition) is 3. The lowest BCUT2D eigenvalue weighted by molar-refractivity contribution is 0.582. The fourth-order valence-electron chi connectivity index (χ4n) is 2.76. The minimum Gasteiger partial charge on any atom is -0.320 e. The van der Waals surface area contributed by atoms with Crippen LogP contribution in [0.1, 0.15) is 6.42 Å². The van der Waals surface area contributed by atoms with Gasteiger partial charge in [-0.3, -0.25) is 4.31 Å². The Bertz CT molecular complexity index is 844. The van der Waals surface area contributed by atoms with Crippen molar-refractivity contribution in [1.82, 2.24) is 5.32 Å². The van der Waals surface area contributed by atoms with Gasteiger partial charge in [0.05, 0.1) is 17.1 Å². The fraction of sp³-hybridized carbons (Fsp3) is 0.250. The molecule has 1 aliphatic heterocycles. The zero-order valence-electron chi connectivity index (χ0n) is 13.4. The van der Waals surface area contributed by atoms with Gasteiger partial charge in [-0.2, -0.15) is 8.42 Å². The molecule has 0 spiro atoms. The van der Waals surface area contributed by atoms with E-state index in [1.165, 1.54) is 4.31 Å². The molecule has 9 heteroatoms.